The molecule has 212 valence electrons. The van der Waals surface area contributed by atoms with Crippen LogP contribution in [0.15, 0.2) is 59.5 Å². The van der Waals surface area contributed by atoms with E-state index in [1.807, 2.05) is 13.0 Å². The van der Waals surface area contributed by atoms with Gasteiger partial charge in [0.15, 0.2) is 5.69 Å². The van der Waals surface area contributed by atoms with Crippen LogP contribution in [-0.4, -0.2) is 31.3 Å². The number of sulfonamides is 1. The second kappa shape index (κ2) is 10.7. The molecule has 7 nitrogen and oxygen atoms in total. The zero-order valence-electron chi connectivity index (χ0n) is 22.6. The zero-order chi connectivity index (χ0) is 29.6. The summed E-state index contributed by atoms with van der Waals surface area (Å²) >= 11 is 0. The fourth-order valence-corrected chi connectivity index (χ4v) is 5.72. The number of carbonyl (C=O) groups excluding carboxylic acids is 1. The molecule has 0 bridgehead atoms. The number of alkyl halides is 3. The van der Waals surface area contributed by atoms with Crippen LogP contribution in [0.5, 0.6) is 0 Å². The monoisotopic (exact) mass is 573 g/mol. The molecule has 2 N–H and O–H groups in total. The van der Waals surface area contributed by atoms with Gasteiger partial charge in [0.2, 0.25) is 10.0 Å². The summed E-state index contributed by atoms with van der Waals surface area (Å²) < 4.78 is 73.5. The van der Waals surface area contributed by atoms with Crippen LogP contribution in [0.1, 0.15) is 58.9 Å². The van der Waals surface area contributed by atoms with Crippen molar-refractivity contribution in [3.8, 4) is 16.9 Å². The molecule has 1 atom stereocenters. The van der Waals surface area contributed by atoms with Gasteiger partial charge in [-0.3, -0.25) is 0 Å². The third-order valence-electron chi connectivity index (χ3n) is 7.17. The number of hydrogen-bond acceptors (Lipinski definition) is 5. The lowest BCUT2D eigenvalue weighted by Crippen LogP contribution is -2.21. The van der Waals surface area contributed by atoms with Gasteiger partial charge in [-0.25, -0.2) is 23.0 Å². The molecule has 4 rings (SSSR count). The van der Waals surface area contributed by atoms with Gasteiger partial charge in [0.25, 0.3) is 0 Å². The van der Waals surface area contributed by atoms with E-state index >= 15 is 0 Å². The van der Waals surface area contributed by atoms with Crippen molar-refractivity contribution in [1.29, 1.82) is 0 Å². The van der Waals surface area contributed by atoms with Crippen LogP contribution >= 0.6 is 0 Å². The van der Waals surface area contributed by atoms with E-state index in [0.29, 0.717) is 29.5 Å². The highest BCUT2D eigenvalue weighted by molar-refractivity contribution is 7.89. The minimum atomic E-state index is -4.86. The summed E-state index contributed by atoms with van der Waals surface area (Å²) in [7, 11) is -3.42. The van der Waals surface area contributed by atoms with E-state index in [1.54, 1.807) is 32.0 Å². The highest BCUT2D eigenvalue weighted by Crippen LogP contribution is 2.41. The van der Waals surface area contributed by atoms with Gasteiger partial charge in [0.1, 0.15) is 10.6 Å². The number of ether oxygens (including phenoxy) is 1. The number of primary sulfonamides is 1. The van der Waals surface area contributed by atoms with Gasteiger partial charge in [-0.1, -0.05) is 42.0 Å². The average Bonchev–Trinajstić information content (AvgIpc) is 3.34. The molecule has 0 spiro atoms. The van der Waals surface area contributed by atoms with Crippen LogP contribution < -0.4 is 5.14 Å². The van der Waals surface area contributed by atoms with E-state index in [9.17, 15) is 26.4 Å². The number of allylic oxidation sites excluding steroid dienone is 3. The Labute approximate surface area is 231 Å². The Morgan fingerprint density at radius 2 is 1.85 bits per heavy atom. The van der Waals surface area contributed by atoms with Crippen LogP contribution in [-0.2, 0) is 20.9 Å². The maximum Gasteiger partial charge on any atom is 0.435 e. The molecule has 0 aliphatic heterocycles. The molecule has 0 fully saturated rings. The first-order chi connectivity index (χ1) is 18.6. The molecule has 1 heterocycles. The van der Waals surface area contributed by atoms with Crippen LogP contribution in [0.2, 0.25) is 0 Å². The molecule has 1 unspecified atom stereocenters. The number of methoxy groups -OCH3 is 1. The third-order valence-corrected chi connectivity index (χ3v) is 8.11. The molecule has 1 aromatic heterocycles. The van der Waals surface area contributed by atoms with E-state index in [4.69, 9.17) is 9.88 Å². The number of rotatable bonds is 6. The molecule has 1 aliphatic rings. The number of nitrogens with zero attached hydrogens (tertiary/aromatic N) is 2. The van der Waals surface area contributed by atoms with Gasteiger partial charge < -0.3 is 4.74 Å². The molecule has 0 saturated heterocycles. The molecule has 0 saturated carbocycles. The van der Waals surface area contributed by atoms with Crippen LogP contribution in [0.4, 0.5) is 13.2 Å². The zero-order valence-corrected chi connectivity index (χ0v) is 23.4. The summed E-state index contributed by atoms with van der Waals surface area (Å²) in [4.78, 5) is 12.8. The van der Waals surface area contributed by atoms with Crippen molar-refractivity contribution < 1.29 is 31.1 Å². The minimum absolute atomic E-state index is 0.0549. The Kier molecular flexibility index (Phi) is 7.83. The second-order valence-electron chi connectivity index (χ2n) is 10.1. The number of hydrogen-bond donors (Lipinski definition) is 1. The predicted molar refractivity (Wildman–Crippen MR) is 146 cm³/mol. The van der Waals surface area contributed by atoms with Crippen molar-refractivity contribution in [2.24, 2.45) is 11.1 Å². The van der Waals surface area contributed by atoms with Crippen molar-refractivity contribution in [2.45, 2.75) is 51.1 Å². The van der Waals surface area contributed by atoms with E-state index in [-0.39, 0.29) is 17.2 Å². The highest BCUT2D eigenvalue weighted by Gasteiger charge is 2.38. The standard InChI is InChI=1S/C29H30F3N3O4S/c1-16(2)19-8-10-20(11-9-19)21-12-13-24(40(33,37)38)27(26(21)28(36)39-5)35-23(15-25(34-35)29(30,31)32)22-14-17(3)6-7-18(22)4/h6-7,10,12-15,19H,1,8-9,11H2,2-5H3,(H2,33,37,38). The van der Waals surface area contributed by atoms with Gasteiger partial charge in [-0.05, 0) is 80.9 Å². The summed E-state index contributed by atoms with van der Waals surface area (Å²) in [6.45, 7) is 9.44. The number of aryl methyl sites for hydroxylation is 2. The van der Waals surface area contributed by atoms with Gasteiger partial charge >= 0.3 is 12.1 Å². The van der Waals surface area contributed by atoms with Crippen LogP contribution in [0.3, 0.4) is 0 Å². The van der Waals surface area contributed by atoms with Crippen molar-refractivity contribution in [3.63, 3.8) is 0 Å². The lowest BCUT2D eigenvalue weighted by molar-refractivity contribution is -0.141. The van der Waals surface area contributed by atoms with Crippen molar-refractivity contribution in [3.05, 3.63) is 82.6 Å². The van der Waals surface area contributed by atoms with E-state index in [0.717, 1.165) is 41.0 Å². The quantitative estimate of drug-likeness (QED) is 0.273. The number of halogens is 3. The fourth-order valence-electron chi connectivity index (χ4n) is 5.01. The number of aromatic nitrogens is 2. The number of esters is 1. The molecule has 2 aromatic carbocycles. The lowest BCUT2D eigenvalue weighted by Gasteiger charge is -2.25. The largest absolute Gasteiger partial charge is 0.465 e. The molecule has 0 amide bonds. The second-order valence-corrected chi connectivity index (χ2v) is 11.6. The lowest BCUT2D eigenvalue weighted by atomic mass is 9.82. The van der Waals surface area contributed by atoms with E-state index < -0.39 is 38.4 Å². The average molecular weight is 574 g/mol. The van der Waals surface area contributed by atoms with Gasteiger partial charge in [-0.15, -0.1) is 0 Å². The number of benzene rings is 2. The first-order valence-electron chi connectivity index (χ1n) is 12.5. The van der Waals surface area contributed by atoms with E-state index in [2.05, 4.69) is 11.7 Å². The van der Waals surface area contributed by atoms with Gasteiger partial charge in [-0.2, -0.15) is 18.3 Å². The topological polar surface area (TPSA) is 104 Å². The van der Waals surface area contributed by atoms with Crippen LogP contribution in [0.25, 0.3) is 22.5 Å². The number of nitrogens with two attached hydrogens (primary N) is 1. The Hall–Kier alpha value is -3.70. The first-order valence-corrected chi connectivity index (χ1v) is 14.1. The molecule has 11 heteroatoms. The van der Waals surface area contributed by atoms with Crippen molar-refractivity contribution >= 4 is 21.6 Å². The van der Waals surface area contributed by atoms with Crippen molar-refractivity contribution in [2.75, 3.05) is 7.11 Å². The molecule has 3 aromatic rings. The molecular formula is C29H30F3N3O4S. The SMILES string of the molecule is C=C(C)C1CC=C(c2ccc(S(N)(=O)=O)c(-n3nc(C(F)(F)F)cc3-c3cc(C)ccc3C)c2C(=O)OC)CC1. The Morgan fingerprint density at radius 1 is 1.15 bits per heavy atom. The van der Waals surface area contributed by atoms with Gasteiger partial charge in [0.05, 0.1) is 18.4 Å². The first kappa shape index (κ1) is 29.3. The Bertz CT molecular complexity index is 1650. The third kappa shape index (κ3) is 5.62. The smallest absolute Gasteiger partial charge is 0.435 e. The summed E-state index contributed by atoms with van der Waals surface area (Å²) in [5.41, 5.74) is 1.89. The molecule has 40 heavy (non-hydrogen) atoms. The molecular weight excluding hydrogens is 543 g/mol. The van der Waals surface area contributed by atoms with Gasteiger partial charge in [0, 0.05) is 5.56 Å². The normalized spacial score (nSPS) is 16.0. The fraction of sp³-hybridized carbons (Fsp3) is 0.310. The maximum absolute atomic E-state index is 14.0. The summed E-state index contributed by atoms with van der Waals surface area (Å²) in [6, 6.07) is 8.67. The molecule has 0 radical (unpaired) electrons. The van der Waals surface area contributed by atoms with Crippen molar-refractivity contribution in [1.82, 2.24) is 9.78 Å². The Morgan fingerprint density at radius 3 is 2.40 bits per heavy atom. The summed E-state index contributed by atoms with van der Waals surface area (Å²) in [5, 5.41) is 9.36. The minimum Gasteiger partial charge on any atom is -0.465 e. The summed E-state index contributed by atoms with van der Waals surface area (Å²) in [6.07, 6.45) is -1.01. The Balaban J connectivity index is 2.14. The maximum atomic E-state index is 14.0. The number of carbonyl (C=O) groups is 1. The van der Waals surface area contributed by atoms with E-state index in [1.165, 1.54) is 12.1 Å². The van der Waals surface area contributed by atoms with Crippen LogP contribution in [0, 0.1) is 19.8 Å². The predicted octanol–water partition coefficient (Wildman–Crippen LogP) is 6.37. The molecule has 1 aliphatic carbocycles. The summed E-state index contributed by atoms with van der Waals surface area (Å²) in [5.74, 6) is -0.695. The highest BCUT2D eigenvalue weighted by atomic mass is 32.2.